The molecule has 0 aromatic carbocycles. The third-order valence-electron chi connectivity index (χ3n) is 3.29. The summed E-state index contributed by atoms with van der Waals surface area (Å²) in [5.41, 5.74) is 0.819. The van der Waals surface area contributed by atoms with Crippen LogP contribution in [0.2, 0.25) is 0 Å². The van der Waals surface area contributed by atoms with Gasteiger partial charge in [0.15, 0.2) is 0 Å². The van der Waals surface area contributed by atoms with Crippen LogP contribution in [0.25, 0.3) is 0 Å². The van der Waals surface area contributed by atoms with Crippen LogP contribution >= 0.6 is 12.6 Å². The van der Waals surface area contributed by atoms with Gasteiger partial charge in [0, 0.05) is 5.75 Å². The lowest BCUT2D eigenvalue weighted by atomic mass is 10.00. The van der Waals surface area contributed by atoms with Gasteiger partial charge in [-0.1, -0.05) is 13.0 Å². The molecule has 1 heterocycles. The molecule has 0 radical (unpaired) electrons. The number of nitrogens with zero attached hydrogens (tertiary/aromatic N) is 1. The summed E-state index contributed by atoms with van der Waals surface area (Å²) in [4.78, 5) is 25.1. The average Bonchev–Trinajstić information content (AvgIpc) is 2.78. The molecule has 1 aliphatic carbocycles. The van der Waals surface area contributed by atoms with Gasteiger partial charge >= 0.3 is 0 Å². The summed E-state index contributed by atoms with van der Waals surface area (Å²) in [6, 6.07) is 0. The van der Waals surface area contributed by atoms with Gasteiger partial charge in [0.05, 0.1) is 18.4 Å². The minimum Gasteiger partial charge on any atom is -0.278 e. The van der Waals surface area contributed by atoms with Gasteiger partial charge in [-0.25, -0.2) is 0 Å². The summed E-state index contributed by atoms with van der Waals surface area (Å²) in [6.07, 6.45) is 2.76. The Morgan fingerprint density at radius 1 is 1.33 bits per heavy atom. The van der Waals surface area contributed by atoms with Crippen LogP contribution in [0, 0.1) is 11.8 Å². The van der Waals surface area contributed by atoms with Gasteiger partial charge in [0.1, 0.15) is 0 Å². The molecule has 15 heavy (non-hydrogen) atoms. The molecule has 2 fully saturated rings. The molecule has 0 aromatic heterocycles. The quantitative estimate of drug-likeness (QED) is 0.446. The van der Waals surface area contributed by atoms with E-state index in [-0.39, 0.29) is 23.7 Å². The molecule has 0 aromatic rings. The highest BCUT2D eigenvalue weighted by molar-refractivity contribution is 7.80. The van der Waals surface area contributed by atoms with Crippen LogP contribution in [0.15, 0.2) is 12.2 Å². The highest BCUT2D eigenvalue weighted by Gasteiger charge is 2.49. The summed E-state index contributed by atoms with van der Waals surface area (Å²) in [7, 11) is 0. The molecular weight excluding hydrogens is 210 g/mol. The van der Waals surface area contributed by atoms with Crippen molar-refractivity contribution in [3.8, 4) is 0 Å². The lowest BCUT2D eigenvalue weighted by molar-refractivity contribution is -0.139. The Kier molecular flexibility index (Phi) is 2.87. The number of amides is 2. The van der Waals surface area contributed by atoms with E-state index >= 15 is 0 Å². The standard InChI is InChI=1S/C11H15NO2S/c1-7(6-15)5-12-10(13)8-3-2-4-9(8)11(12)14/h8-9,15H,1-6H2. The van der Waals surface area contributed by atoms with E-state index in [0.29, 0.717) is 12.3 Å². The van der Waals surface area contributed by atoms with Crippen LogP contribution in [-0.4, -0.2) is 29.0 Å². The molecule has 0 bridgehead atoms. The normalized spacial score (nSPS) is 29.8. The first-order valence-corrected chi connectivity index (χ1v) is 5.91. The predicted molar refractivity (Wildman–Crippen MR) is 60.5 cm³/mol. The molecule has 2 aliphatic rings. The number of imide groups is 1. The molecule has 1 saturated heterocycles. The summed E-state index contributed by atoms with van der Waals surface area (Å²) in [6.45, 7) is 4.13. The van der Waals surface area contributed by atoms with Crippen molar-refractivity contribution in [2.24, 2.45) is 11.8 Å². The van der Waals surface area contributed by atoms with Crippen LogP contribution in [-0.2, 0) is 9.59 Å². The number of thiol groups is 1. The summed E-state index contributed by atoms with van der Waals surface area (Å²) >= 11 is 4.08. The van der Waals surface area contributed by atoms with Gasteiger partial charge in [-0.15, -0.1) is 0 Å². The smallest absolute Gasteiger partial charge is 0.233 e. The Morgan fingerprint density at radius 2 is 1.87 bits per heavy atom. The zero-order chi connectivity index (χ0) is 11.0. The molecule has 1 saturated carbocycles. The minimum absolute atomic E-state index is 0.00503. The van der Waals surface area contributed by atoms with Crippen LogP contribution in [0.3, 0.4) is 0 Å². The van der Waals surface area contributed by atoms with Gasteiger partial charge in [-0.2, -0.15) is 12.6 Å². The fraction of sp³-hybridized carbons (Fsp3) is 0.636. The number of carbonyl (C=O) groups is 2. The first-order valence-electron chi connectivity index (χ1n) is 5.28. The summed E-state index contributed by atoms with van der Waals surface area (Å²) in [5, 5.41) is 0. The fourth-order valence-electron chi connectivity index (χ4n) is 2.49. The van der Waals surface area contributed by atoms with Crippen molar-refractivity contribution in [1.29, 1.82) is 0 Å². The largest absolute Gasteiger partial charge is 0.278 e. The molecule has 3 nitrogen and oxygen atoms in total. The number of hydrogen-bond acceptors (Lipinski definition) is 3. The highest BCUT2D eigenvalue weighted by atomic mass is 32.1. The van der Waals surface area contributed by atoms with Crippen molar-refractivity contribution >= 4 is 24.4 Å². The molecule has 82 valence electrons. The second-order valence-corrected chi connectivity index (χ2v) is 4.63. The number of carbonyl (C=O) groups excluding carboxylic acids is 2. The minimum atomic E-state index is -0.0368. The molecular formula is C11H15NO2S. The van der Waals surface area contributed by atoms with Crippen molar-refractivity contribution in [3.05, 3.63) is 12.2 Å². The number of likely N-dealkylation sites (tertiary alicyclic amines) is 1. The number of hydrogen-bond donors (Lipinski definition) is 1. The van der Waals surface area contributed by atoms with Crippen molar-refractivity contribution in [2.75, 3.05) is 12.3 Å². The lowest BCUT2D eigenvalue weighted by Crippen LogP contribution is -2.33. The third-order valence-corrected chi connectivity index (χ3v) is 3.73. The SMILES string of the molecule is C=C(CS)CN1C(=O)C2CCCC2C1=O. The molecule has 1 aliphatic heterocycles. The summed E-state index contributed by atoms with van der Waals surface area (Å²) in [5.74, 6) is 0.457. The molecule has 0 N–H and O–H groups in total. The maximum absolute atomic E-state index is 11.9. The Labute approximate surface area is 94.9 Å². The Hall–Kier alpha value is -0.770. The van der Waals surface area contributed by atoms with Crippen LogP contribution < -0.4 is 0 Å². The van der Waals surface area contributed by atoms with E-state index in [2.05, 4.69) is 19.2 Å². The van der Waals surface area contributed by atoms with E-state index in [1.54, 1.807) is 0 Å². The zero-order valence-corrected chi connectivity index (χ0v) is 9.50. The number of fused-ring (bicyclic) bond motifs is 1. The predicted octanol–water partition coefficient (Wildman–Crippen LogP) is 1.26. The van der Waals surface area contributed by atoms with E-state index in [1.165, 1.54) is 4.90 Å². The maximum atomic E-state index is 11.9. The van der Waals surface area contributed by atoms with Gasteiger partial charge < -0.3 is 0 Å². The van der Waals surface area contributed by atoms with E-state index in [1.807, 2.05) is 0 Å². The van der Waals surface area contributed by atoms with Crippen LogP contribution in [0.1, 0.15) is 19.3 Å². The van der Waals surface area contributed by atoms with Crippen molar-refractivity contribution in [2.45, 2.75) is 19.3 Å². The number of rotatable bonds is 3. The first-order chi connectivity index (χ1) is 7.15. The van der Waals surface area contributed by atoms with Gasteiger partial charge in [-0.3, -0.25) is 14.5 Å². The second-order valence-electron chi connectivity index (χ2n) is 4.31. The van der Waals surface area contributed by atoms with Crippen molar-refractivity contribution < 1.29 is 9.59 Å². The fourth-order valence-corrected chi connectivity index (χ4v) is 2.59. The highest BCUT2D eigenvalue weighted by Crippen LogP contribution is 2.39. The maximum Gasteiger partial charge on any atom is 0.233 e. The van der Waals surface area contributed by atoms with E-state index in [0.717, 1.165) is 24.8 Å². The molecule has 4 heteroatoms. The Balaban J connectivity index is 2.11. The molecule has 2 unspecified atom stereocenters. The second kappa shape index (κ2) is 4.00. The molecule has 2 amide bonds. The zero-order valence-electron chi connectivity index (χ0n) is 8.61. The van der Waals surface area contributed by atoms with Gasteiger partial charge in [0.2, 0.25) is 11.8 Å². The molecule has 2 rings (SSSR count). The van der Waals surface area contributed by atoms with Crippen molar-refractivity contribution in [1.82, 2.24) is 4.90 Å². The van der Waals surface area contributed by atoms with Crippen LogP contribution in [0.4, 0.5) is 0 Å². The third kappa shape index (κ3) is 1.71. The Morgan fingerprint density at radius 3 is 2.33 bits per heavy atom. The van der Waals surface area contributed by atoms with Gasteiger partial charge in [-0.05, 0) is 18.4 Å². The average molecular weight is 225 g/mol. The monoisotopic (exact) mass is 225 g/mol. The van der Waals surface area contributed by atoms with Crippen LogP contribution in [0.5, 0.6) is 0 Å². The summed E-state index contributed by atoms with van der Waals surface area (Å²) < 4.78 is 0. The van der Waals surface area contributed by atoms with E-state index in [4.69, 9.17) is 0 Å². The Bertz CT molecular complexity index is 305. The topological polar surface area (TPSA) is 37.4 Å². The van der Waals surface area contributed by atoms with Crippen molar-refractivity contribution in [3.63, 3.8) is 0 Å². The van der Waals surface area contributed by atoms with E-state index in [9.17, 15) is 9.59 Å². The first kappa shape index (κ1) is 10.7. The lowest BCUT2D eigenvalue weighted by Gasteiger charge is -2.16. The van der Waals surface area contributed by atoms with E-state index < -0.39 is 0 Å². The van der Waals surface area contributed by atoms with Gasteiger partial charge in [0.25, 0.3) is 0 Å². The molecule has 2 atom stereocenters. The molecule has 0 spiro atoms.